The van der Waals surface area contributed by atoms with Gasteiger partial charge in [0.15, 0.2) is 0 Å². The quantitative estimate of drug-likeness (QED) is 0.107. The van der Waals surface area contributed by atoms with Crippen LogP contribution < -0.4 is 0 Å². The Labute approximate surface area is 263 Å². The number of aliphatic hydroxyl groups is 1. The summed E-state index contributed by atoms with van der Waals surface area (Å²) >= 11 is 0. The fourth-order valence-corrected chi connectivity index (χ4v) is 5.88. The van der Waals surface area contributed by atoms with E-state index in [1.165, 1.54) is 5.57 Å². The Morgan fingerprint density at radius 1 is 0.932 bits per heavy atom. The van der Waals surface area contributed by atoms with Crippen LogP contribution in [-0.4, -0.2) is 47.4 Å². The first-order valence-electron chi connectivity index (χ1n) is 16.4. The number of carbonyl (C=O) groups is 5. The van der Waals surface area contributed by atoms with E-state index in [0.717, 1.165) is 44.0 Å². The molecule has 0 aliphatic heterocycles. The molecule has 1 aromatic rings. The van der Waals surface area contributed by atoms with E-state index in [-0.39, 0.29) is 49.1 Å². The van der Waals surface area contributed by atoms with Crippen molar-refractivity contribution in [2.75, 3.05) is 6.61 Å². The molecule has 1 aliphatic carbocycles. The number of Topliss-reactive ketones (excluding diaryl/α,β-unsaturated/α-hetero) is 3. The number of hydrogen-bond donors (Lipinski definition) is 1. The lowest BCUT2D eigenvalue weighted by atomic mass is 9.83. The predicted molar refractivity (Wildman–Crippen MR) is 172 cm³/mol. The number of aliphatic hydroxyl groups excluding tert-OH is 1. The van der Waals surface area contributed by atoms with Crippen molar-refractivity contribution in [3.63, 3.8) is 0 Å². The molecule has 5 unspecified atom stereocenters. The fourth-order valence-electron chi connectivity index (χ4n) is 5.88. The van der Waals surface area contributed by atoms with Gasteiger partial charge < -0.3 is 14.6 Å². The highest BCUT2D eigenvalue weighted by Gasteiger charge is 2.28. The molecule has 0 amide bonds. The lowest BCUT2D eigenvalue weighted by Gasteiger charge is -2.20. The zero-order valence-corrected chi connectivity index (χ0v) is 27.1. The SMILES string of the molecule is CCCC(CC(=O)CCCC1=CC=CC1)CC(=O)C(C)CC(=O)C(CCc1ccc(C(C=O)C(C)O)cc1)CC(=O)OCC. The van der Waals surface area contributed by atoms with Crippen LogP contribution in [0, 0.1) is 17.8 Å². The maximum Gasteiger partial charge on any atom is 0.306 e. The molecule has 1 aliphatic rings. The normalized spacial score (nSPS) is 16.0. The van der Waals surface area contributed by atoms with E-state index in [9.17, 15) is 29.1 Å². The number of aldehydes is 1. The molecule has 242 valence electrons. The first-order chi connectivity index (χ1) is 21.1. The molecule has 44 heavy (non-hydrogen) atoms. The first kappa shape index (κ1) is 37.0. The van der Waals surface area contributed by atoms with Gasteiger partial charge in [-0.05, 0) is 69.4 Å². The van der Waals surface area contributed by atoms with Crippen molar-refractivity contribution in [2.24, 2.45) is 17.8 Å². The molecule has 0 bridgehead atoms. The number of rotatable bonds is 23. The summed E-state index contributed by atoms with van der Waals surface area (Å²) in [5, 5.41) is 9.83. The van der Waals surface area contributed by atoms with Gasteiger partial charge in [0.2, 0.25) is 0 Å². The second kappa shape index (κ2) is 20.0. The predicted octanol–water partition coefficient (Wildman–Crippen LogP) is 6.84. The van der Waals surface area contributed by atoms with E-state index < -0.39 is 29.8 Å². The number of ether oxygens (including phenoxy) is 1. The number of ketones is 3. The average Bonchev–Trinajstić information content (AvgIpc) is 3.50. The van der Waals surface area contributed by atoms with Crippen molar-refractivity contribution in [2.45, 2.75) is 117 Å². The Balaban J connectivity index is 1.95. The Morgan fingerprint density at radius 2 is 1.66 bits per heavy atom. The zero-order chi connectivity index (χ0) is 32.5. The van der Waals surface area contributed by atoms with Crippen molar-refractivity contribution >= 4 is 29.6 Å². The molecular weight excluding hydrogens is 556 g/mol. The fraction of sp³-hybridized carbons (Fsp3) is 0.595. The minimum absolute atomic E-state index is 0.0138. The summed E-state index contributed by atoms with van der Waals surface area (Å²) in [4.78, 5) is 63.0. The summed E-state index contributed by atoms with van der Waals surface area (Å²) < 4.78 is 5.12. The largest absolute Gasteiger partial charge is 0.466 e. The summed E-state index contributed by atoms with van der Waals surface area (Å²) in [6, 6.07) is 7.33. The number of aryl methyl sites for hydroxylation is 1. The van der Waals surface area contributed by atoms with Gasteiger partial charge in [-0.25, -0.2) is 0 Å². The van der Waals surface area contributed by atoms with E-state index in [2.05, 4.69) is 25.2 Å². The average molecular weight is 609 g/mol. The smallest absolute Gasteiger partial charge is 0.306 e. The standard InChI is InChI=1S/C37H52O7/c1-5-10-30(22-33(40)14-9-13-28-11-7-8-12-28)23-35(41)26(3)21-36(42)32(24-37(43)44-6-2)20-17-29-15-18-31(19-16-29)34(25-38)27(4)39/h7-8,11,15-16,18-19,25-27,30,32,34,39H,5-6,9-10,12-14,17,20-24H2,1-4H3. The maximum atomic E-state index is 13.4. The van der Waals surface area contributed by atoms with Crippen LogP contribution in [0.15, 0.2) is 48.1 Å². The van der Waals surface area contributed by atoms with Gasteiger partial charge in [0.05, 0.1) is 25.0 Å². The molecule has 1 N–H and O–H groups in total. The van der Waals surface area contributed by atoms with E-state index in [4.69, 9.17) is 4.74 Å². The lowest BCUT2D eigenvalue weighted by molar-refractivity contribution is -0.146. The topological polar surface area (TPSA) is 115 Å². The van der Waals surface area contributed by atoms with E-state index in [1.54, 1.807) is 32.9 Å². The summed E-state index contributed by atoms with van der Waals surface area (Å²) in [5.41, 5.74) is 3.02. The molecule has 7 heteroatoms. The number of benzene rings is 1. The van der Waals surface area contributed by atoms with Crippen LogP contribution in [0.5, 0.6) is 0 Å². The van der Waals surface area contributed by atoms with Crippen LogP contribution in [0.3, 0.4) is 0 Å². The molecule has 0 saturated heterocycles. The molecule has 0 saturated carbocycles. The van der Waals surface area contributed by atoms with E-state index >= 15 is 0 Å². The van der Waals surface area contributed by atoms with Crippen molar-refractivity contribution < 1.29 is 33.8 Å². The van der Waals surface area contributed by atoms with Gasteiger partial charge >= 0.3 is 5.97 Å². The molecular formula is C37H52O7. The van der Waals surface area contributed by atoms with Crippen LogP contribution in [0.1, 0.15) is 115 Å². The van der Waals surface area contributed by atoms with E-state index in [0.29, 0.717) is 31.2 Å². The minimum Gasteiger partial charge on any atom is -0.466 e. The summed E-state index contributed by atoms with van der Waals surface area (Å²) in [6.07, 6.45) is 12.8. The van der Waals surface area contributed by atoms with Crippen molar-refractivity contribution in [3.05, 3.63) is 59.2 Å². The minimum atomic E-state index is -0.797. The highest BCUT2D eigenvalue weighted by Crippen LogP contribution is 2.26. The molecule has 0 fully saturated rings. The molecule has 7 nitrogen and oxygen atoms in total. The number of carbonyl (C=O) groups excluding carboxylic acids is 5. The Bertz CT molecular complexity index is 1140. The number of esters is 1. The Kier molecular flexibility index (Phi) is 16.8. The van der Waals surface area contributed by atoms with Gasteiger partial charge in [-0.3, -0.25) is 19.2 Å². The second-order valence-electron chi connectivity index (χ2n) is 12.3. The van der Waals surface area contributed by atoms with Gasteiger partial charge in [0, 0.05) is 37.5 Å². The monoisotopic (exact) mass is 608 g/mol. The molecule has 1 aromatic carbocycles. The zero-order valence-electron chi connectivity index (χ0n) is 27.1. The van der Waals surface area contributed by atoms with Gasteiger partial charge in [-0.15, -0.1) is 0 Å². The lowest BCUT2D eigenvalue weighted by Crippen LogP contribution is -2.26. The van der Waals surface area contributed by atoms with Crippen LogP contribution >= 0.6 is 0 Å². The van der Waals surface area contributed by atoms with Crippen LogP contribution in [-0.2, 0) is 35.1 Å². The van der Waals surface area contributed by atoms with Crippen LogP contribution in [0.4, 0.5) is 0 Å². The highest BCUT2D eigenvalue weighted by atomic mass is 16.5. The Hall–Kier alpha value is -3.19. The van der Waals surface area contributed by atoms with Crippen LogP contribution in [0.2, 0.25) is 0 Å². The molecule has 0 spiro atoms. The summed E-state index contributed by atoms with van der Waals surface area (Å²) in [7, 11) is 0. The molecule has 0 aromatic heterocycles. The Morgan fingerprint density at radius 3 is 2.25 bits per heavy atom. The van der Waals surface area contributed by atoms with Crippen molar-refractivity contribution in [1.82, 2.24) is 0 Å². The van der Waals surface area contributed by atoms with E-state index in [1.807, 2.05) is 12.1 Å². The third kappa shape index (κ3) is 13.2. The van der Waals surface area contributed by atoms with Crippen LogP contribution in [0.25, 0.3) is 0 Å². The number of hydrogen-bond acceptors (Lipinski definition) is 7. The van der Waals surface area contributed by atoms with Gasteiger partial charge in [0.1, 0.15) is 23.6 Å². The molecule has 0 radical (unpaired) electrons. The van der Waals surface area contributed by atoms with Crippen molar-refractivity contribution in [1.29, 1.82) is 0 Å². The third-order valence-electron chi connectivity index (χ3n) is 8.55. The second-order valence-corrected chi connectivity index (χ2v) is 12.3. The highest BCUT2D eigenvalue weighted by molar-refractivity contribution is 5.91. The third-order valence-corrected chi connectivity index (χ3v) is 8.55. The molecule has 2 rings (SSSR count). The molecule has 5 atom stereocenters. The number of allylic oxidation sites excluding steroid dienone is 4. The van der Waals surface area contributed by atoms with Gasteiger partial charge in [0.25, 0.3) is 0 Å². The molecule has 0 heterocycles. The van der Waals surface area contributed by atoms with Gasteiger partial charge in [-0.2, -0.15) is 0 Å². The summed E-state index contributed by atoms with van der Waals surface area (Å²) in [5.74, 6) is -2.09. The van der Waals surface area contributed by atoms with Crippen molar-refractivity contribution in [3.8, 4) is 0 Å². The summed E-state index contributed by atoms with van der Waals surface area (Å²) in [6.45, 7) is 7.34. The van der Waals surface area contributed by atoms with Gasteiger partial charge in [-0.1, -0.05) is 68.3 Å². The first-order valence-corrected chi connectivity index (χ1v) is 16.4. The maximum absolute atomic E-state index is 13.4.